The minimum atomic E-state index is -0.675. The molecular weight excluding hydrogens is 526 g/mol. The molecule has 0 saturated carbocycles. The van der Waals surface area contributed by atoms with Crippen molar-refractivity contribution in [2.24, 2.45) is 11.8 Å². The molecule has 1 fully saturated rings. The third-order valence-electron chi connectivity index (χ3n) is 8.31. The van der Waals surface area contributed by atoms with Crippen LogP contribution in [0.1, 0.15) is 54.8 Å². The van der Waals surface area contributed by atoms with Gasteiger partial charge in [0.25, 0.3) is 0 Å². The molecule has 1 heterocycles. The molecule has 0 aromatic heterocycles. The van der Waals surface area contributed by atoms with Crippen LogP contribution < -0.4 is 4.90 Å². The third-order valence-corrected chi connectivity index (χ3v) is 8.56. The van der Waals surface area contributed by atoms with Gasteiger partial charge in [0.05, 0.1) is 23.1 Å². The van der Waals surface area contributed by atoms with Crippen molar-refractivity contribution in [3.05, 3.63) is 135 Å². The Morgan fingerprint density at radius 1 is 0.650 bits per heavy atom. The van der Waals surface area contributed by atoms with Gasteiger partial charge in [-0.05, 0) is 70.8 Å². The Labute approximate surface area is 235 Å². The Morgan fingerprint density at radius 2 is 1.10 bits per heavy atom. The second-order valence-corrected chi connectivity index (χ2v) is 10.8. The number of hydrogen-bond acceptors (Lipinski definition) is 5. The number of esters is 1. The van der Waals surface area contributed by atoms with Crippen molar-refractivity contribution in [1.29, 1.82) is 0 Å². The number of nitrogens with zero attached hydrogens (tertiary/aromatic N) is 1. The van der Waals surface area contributed by atoms with E-state index in [0.717, 1.165) is 22.3 Å². The SMILES string of the molecule is O=C(COC(=O)c1ccc(N2C(=O)C3C4c5ccccc5C(c5ccccc54)C3C2=O)cc1)c1ccc(Cl)cc1. The molecule has 1 saturated heterocycles. The van der Waals surface area contributed by atoms with E-state index in [1.165, 1.54) is 17.0 Å². The van der Waals surface area contributed by atoms with E-state index in [1.807, 2.05) is 24.3 Å². The third kappa shape index (κ3) is 3.63. The van der Waals surface area contributed by atoms with Crippen molar-refractivity contribution < 1.29 is 23.9 Å². The minimum absolute atomic E-state index is 0.184. The summed E-state index contributed by atoms with van der Waals surface area (Å²) in [4.78, 5) is 54.0. The Hall–Kier alpha value is -4.55. The number of carbonyl (C=O) groups excluding carboxylic acids is 4. The number of amides is 2. The van der Waals surface area contributed by atoms with E-state index in [4.69, 9.17) is 16.3 Å². The summed E-state index contributed by atoms with van der Waals surface area (Å²) in [6.07, 6.45) is 0. The first-order chi connectivity index (χ1) is 19.4. The number of benzene rings is 4. The van der Waals surface area contributed by atoms with Gasteiger partial charge in [-0.1, -0.05) is 60.1 Å². The molecule has 0 radical (unpaired) electrons. The van der Waals surface area contributed by atoms with E-state index in [2.05, 4.69) is 24.3 Å². The monoisotopic (exact) mass is 547 g/mol. The first kappa shape index (κ1) is 24.5. The normalized spacial score (nSPS) is 22.0. The second-order valence-electron chi connectivity index (χ2n) is 10.3. The van der Waals surface area contributed by atoms with Crippen LogP contribution in [0, 0.1) is 11.8 Å². The highest BCUT2D eigenvalue weighted by Gasteiger charge is 2.61. The molecule has 8 rings (SSSR count). The van der Waals surface area contributed by atoms with Crippen LogP contribution in [-0.2, 0) is 14.3 Å². The zero-order valence-electron chi connectivity index (χ0n) is 21.1. The van der Waals surface area contributed by atoms with Gasteiger partial charge in [0.15, 0.2) is 12.4 Å². The molecular formula is C33H22ClNO5. The molecule has 2 atom stereocenters. The highest BCUT2D eigenvalue weighted by Crippen LogP contribution is 2.61. The number of hydrogen-bond donors (Lipinski definition) is 0. The topological polar surface area (TPSA) is 80.8 Å². The lowest BCUT2D eigenvalue weighted by Gasteiger charge is -2.45. The van der Waals surface area contributed by atoms with Gasteiger partial charge in [0.2, 0.25) is 11.8 Å². The van der Waals surface area contributed by atoms with Crippen molar-refractivity contribution in [2.45, 2.75) is 11.8 Å². The summed E-state index contributed by atoms with van der Waals surface area (Å²) < 4.78 is 5.20. The van der Waals surface area contributed by atoms with Crippen LogP contribution in [0.25, 0.3) is 0 Å². The lowest BCUT2D eigenvalue weighted by Crippen LogP contribution is -2.41. The fourth-order valence-electron chi connectivity index (χ4n) is 6.61. The summed E-state index contributed by atoms with van der Waals surface area (Å²) in [6.45, 7) is -0.418. The maximum absolute atomic E-state index is 13.9. The summed E-state index contributed by atoms with van der Waals surface area (Å²) in [5.74, 6) is -2.81. The second kappa shape index (κ2) is 9.28. The molecule has 6 nitrogen and oxygen atoms in total. The van der Waals surface area contributed by atoms with Crippen LogP contribution in [-0.4, -0.2) is 30.2 Å². The van der Waals surface area contributed by atoms with Crippen LogP contribution in [0.15, 0.2) is 97.1 Å². The first-order valence-corrected chi connectivity index (χ1v) is 13.4. The fourth-order valence-corrected chi connectivity index (χ4v) is 6.74. The van der Waals surface area contributed by atoms with E-state index >= 15 is 0 Å². The standard InChI is InChI=1S/C33H22ClNO5/c34-20-13-9-18(10-14-20)26(36)17-40-33(39)19-11-15-21(16-12-19)35-31(37)29-27-22-5-1-2-6-23(22)28(30(29)32(35)38)25-8-4-3-7-24(25)27/h1-16,27-30H,17H2. The van der Waals surface area contributed by atoms with E-state index in [-0.39, 0.29) is 35.0 Å². The molecule has 0 N–H and O–H groups in total. The zero-order chi connectivity index (χ0) is 27.5. The molecule has 0 spiro atoms. The summed E-state index contributed by atoms with van der Waals surface area (Å²) in [5.41, 5.74) is 5.46. The van der Waals surface area contributed by atoms with Crippen LogP contribution in [0.3, 0.4) is 0 Å². The largest absolute Gasteiger partial charge is 0.454 e. The van der Waals surface area contributed by atoms with E-state index < -0.39 is 24.4 Å². The van der Waals surface area contributed by atoms with Gasteiger partial charge in [-0.2, -0.15) is 0 Å². The van der Waals surface area contributed by atoms with Crippen molar-refractivity contribution in [1.82, 2.24) is 0 Å². The van der Waals surface area contributed by atoms with Gasteiger partial charge >= 0.3 is 5.97 Å². The van der Waals surface area contributed by atoms with Crippen LogP contribution in [0.5, 0.6) is 0 Å². The quantitative estimate of drug-likeness (QED) is 0.180. The molecule has 4 aromatic rings. The van der Waals surface area contributed by atoms with Gasteiger partial charge in [-0.15, -0.1) is 0 Å². The number of ether oxygens (including phenoxy) is 1. The predicted octanol–water partition coefficient (Wildman–Crippen LogP) is 5.78. The number of rotatable bonds is 5. The van der Waals surface area contributed by atoms with Gasteiger partial charge < -0.3 is 4.74 Å². The maximum atomic E-state index is 13.9. The van der Waals surface area contributed by atoms with Crippen LogP contribution in [0.4, 0.5) is 5.69 Å². The molecule has 2 bridgehead atoms. The van der Waals surface area contributed by atoms with Crippen molar-refractivity contribution in [3.63, 3.8) is 0 Å². The highest BCUT2D eigenvalue weighted by atomic mass is 35.5. The molecule has 4 aliphatic rings. The van der Waals surface area contributed by atoms with Crippen molar-refractivity contribution in [3.8, 4) is 0 Å². The predicted molar refractivity (Wildman–Crippen MR) is 149 cm³/mol. The van der Waals surface area contributed by atoms with E-state index in [1.54, 1.807) is 36.4 Å². The smallest absolute Gasteiger partial charge is 0.338 e. The Bertz CT molecular complexity index is 1600. The van der Waals surface area contributed by atoms with Crippen LogP contribution >= 0.6 is 11.6 Å². The molecule has 2 amide bonds. The Kier molecular flexibility index (Phi) is 5.68. The highest BCUT2D eigenvalue weighted by molar-refractivity contribution is 6.30. The number of Topliss-reactive ketones (excluding diaryl/α,β-unsaturated/α-hetero) is 1. The molecule has 196 valence electrons. The average molecular weight is 548 g/mol. The molecule has 2 unspecified atom stereocenters. The van der Waals surface area contributed by atoms with Gasteiger partial charge in [-0.3, -0.25) is 14.4 Å². The summed E-state index contributed by atoms with van der Waals surface area (Å²) in [6, 6.07) is 28.7. The minimum Gasteiger partial charge on any atom is -0.454 e. The summed E-state index contributed by atoms with van der Waals surface area (Å²) >= 11 is 5.85. The average Bonchev–Trinajstić information content (AvgIpc) is 3.26. The maximum Gasteiger partial charge on any atom is 0.338 e. The molecule has 40 heavy (non-hydrogen) atoms. The van der Waals surface area contributed by atoms with Crippen molar-refractivity contribution in [2.75, 3.05) is 11.5 Å². The number of carbonyl (C=O) groups is 4. The number of halogens is 1. The summed E-state index contributed by atoms with van der Waals surface area (Å²) in [7, 11) is 0. The van der Waals surface area contributed by atoms with E-state index in [9.17, 15) is 19.2 Å². The first-order valence-electron chi connectivity index (χ1n) is 13.1. The van der Waals surface area contributed by atoms with E-state index in [0.29, 0.717) is 16.3 Å². The Balaban J connectivity index is 1.13. The number of ketones is 1. The lowest BCUT2D eigenvalue weighted by molar-refractivity contribution is -0.122. The van der Waals surface area contributed by atoms with Crippen LogP contribution in [0.2, 0.25) is 5.02 Å². The fraction of sp³-hybridized carbons (Fsp3) is 0.152. The van der Waals surface area contributed by atoms with Gasteiger partial charge in [-0.25, -0.2) is 9.69 Å². The molecule has 1 aliphatic heterocycles. The van der Waals surface area contributed by atoms with Gasteiger partial charge in [0, 0.05) is 22.4 Å². The van der Waals surface area contributed by atoms with Gasteiger partial charge in [0.1, 0.15) is 0 Å². The molecule has 7 heteroatoms. The molecule has 3 aliphatic carbocycles. The zero-order valence-corrected chi connectivity index (χ0v) is 21.9. The number of imide groups is 1. The lowest BCUT2D eigenvalue weighted by atomic mass is 9.55. The summed E-state index contributed by atoms with van der Waals surface area (Å²) in [5, 5.41) is 0.504. The number of anilines is 1. The molecule has 4 aromatic carbocycles. The Morgan fingerprint density at radius 3 is 1.57 bits per heavy atom. The van der Waals surface area contributed by atoms with Crippen molar-refractivity contribution >= 4 is 40.9 Å².